The van der Waals surface area contributed by atoms with Crippen molar-refractivity contribution >= 4 is 35.6 Å². The van der Waals surface area contributed by atoms with E-state index in [0.717, 1.165) is 0 Å². The topological polar surface area (TPSA) is 114 Å². The summed E-state index contributed by atoms with van der Waals surface area (Å²) in [4.78, 5) is 32.8. The lowest BCUT2D eigenvalue weighted by atomic mass is 10.2. The molecule has 0 bridgehead atoms. The second-order valence-corrected chi connectivity index (χ2v) is 2.98. The fourth-order valence-corrected chi connectivity index (χ4v) is 1.13. The van der Waals surface area contributed by atoms with Gasteiger partial charge in [0.1, 0.15) is 18.0 Å². The van der Waals surface area contributed by atoms with Crippen molar-refractivity contribution in [2.45, 2.75) is 0 Å². The summed E-state index contributed by atoms with van der Waals surface area (Å²) in [6.45, 7) is 0. The number of anilines is 1. The number of aliphatic carboxylic acids is 1. The molecule has 1 aromatic heterocycles. The van der Waals surface area contributed by atoms with Crippen LogP contribution in [0.15, 0.2) is 11.2 Å². The summed E-state index contributed by atoms with van der Waals surface area (Å²) in [5.74, 6) is -1.48. The Balaban J connectivity index is 3.23. The highest BCUT2D eigenvalue weighted by molar-refractivity contribution is 6.42. The molecule has 9 heteroatoms. The Hall–Kier alpha value is -2.22. The van der Waals surface area contributed by atoms with E-state index in [9.17, 15) is 9.59 Å². The number of aromatic nitrogens is 2. The van der Waals surface area contributed by atoms with Gasteiger partial charge in [-0.3, -0.25) is 10.1 Å². The van der Waals surface area contributed by atoms with E-state index in [1.807, 2.05) is 0 Å². The molecule has 0 aliphatic heterocycles. The molecule has 0 spiro atoms. The van der Waals surface area contributed by atoms with Crippen LogP contribution < -0.4 is 5.32 Å². The average molecular weight is 259 g/mol. The summed E-state index contributed by atoms with van der Waals surface area (Å²) >= 11 is 5.64. The fraction of sp³-hybridized carbons (Fsp3) is 0.125. The van der Waals surface area contributed by atoms with Gasteiger partial charge in [0.05, 0.1) is 0 Å². The van der Waals surface area contributed by atoms with E-state index in [4.69, 9.17) is 16.7 Å². The van der Waals surface area contributed by atoms with Gasteiger partial charge in [-0.1, -0.05) is 16.8 Å². The molecule has 0 aliphatic rings. The Morgan fingerprint density at radius 2 is 2.35 bits per heavy atom. The normalized spacial score (nSPS) is 10.8. The summed E-state index contributed by atoms with van der Waals surface area (Å²) in [5, 5.41) is 14.3. The molecule has 0 aromatic carbocycles. The molecule has 0 saturated heterocycles. The van der Waals surface area contributed by atoms with Gasteiger partial charge >= 0.3 is 5.97 Å². The third-order valence-electron chi connectivity index (χ3n) is 1.51. The number of carbonyl (C=O) groups is 2. The van der Waals surface area contributed by atoms with Crippen LogP contribution in [0.2, 0.25) is 5.15 Å². The van der Waals surface area contributed by atoms with Crippen LogP contribution in [-0.2, 0) is 14.4 Å². The van der Waals surface area contributed by atoms with Gasteiger partial charge < -0.3 is 9.94 Å². The first-order valence-corrected chi connectivity index (χ1v) is 4.56. The van der Waals surface area contributed by atoms with E-state index in [-0.39, 0.29) is 16.8 Å². The number of hydrogen-bond donors (Lipinski definition) is 2. The first kappa shape index (κ1) is 12.8. The van der Waals surface area contributed by atoms with Gasteiger partial charge in [-0.15, -0.1) is 0 Å². The highest BCUT2D eigenvalue weighted by Gasteiger charge is 2.17. The number of halogens is 1. The molecule has 0 saturated carbocycles. The van der Waals surface area contributed by atoms with Crippen molar-refractivity contribution in [3.8, 4) is 0 Å². The molecule has 0 unspecified atom stereocenters. The zero-order chi connectivity index (χ0) is 12.8. The predicted octanol–water partition coefficient (Wildman–Crippen LogP) is 0.133. The summed E-state index contributed by atoms with van der Waals surface area (Å²) < 4.78 is 0. The summed E-state index contributed by atoms with van der Waals surface area (Å²) in [5.41, 5.74) is -0.533. The number of nitrogens with one attached hydrogen (secondary N) is 1. The zero-order valence-electron chi connectivity index (χ0n) is 8.55. The third-order valence-corrected chi connectivity index (χ3v) is 1.70. The van der Waals surface area contributed by atoms with Crippen molar-refractivity contribution in [1.82, 2.24) is 9.97 Å². The first-order valence-electron chi connectivity index (χ1n) is 4.18. The molecule has 0 fully saturated rings. The monoisotopic (exact) mass is 258 g/mol. The lowest BCUT2D eigenvalue weighted by Crippen LogP contribution is -2.17. The van der Waals surface area contributed by atoms with E-state index in [0.29, 0.717) is 6.41 Å². The van der Waals surface area contributed by atoms with Crippen LogP contribution in [0.25, 0.3) is 0 Å². The number of rotatable bonds is 5. The number of hydrogen-bond acceptors (Lipinski definition) is 6. The van der Waals surface area contributed by atoms with Crippen LogP contribution in [0.4, 0.5) is 5.95 Å². The SMILES string of the molecule is CON=C(C(=O)O)c1cc(Cl)nc(NC=O)n1. The average Bonchev–Trinajstić information content (AvgIpc) is 2.25. The molecule has 0 aliphatic carbocycles. The van der Waals surface area contributed by atoms with E-state index < -0.39 is 11.7 Å². The number of oxime groups is 1. The van der Waals surface area contributed by atoms with Crippen molar-refractivity contribution < 1.29 is 19.5 Å². The van der Waals surface area contributed by atoms with Crippen LogP contribution >= 0.6 is 11.6 Å². The van der Waals surface area contributed by atoms with E-state index >= 15 is 0 Å². The fourth-order valence-electron chi connectivity index (χ4n) is 0.943. The Labute approximate surface area is 100 Å². The number of carbonyl (C=O) groups excluding carboxylic acids is 1. The molecule has 0 radical (unpaired) electrons. The van der Waals surface area contributed by atoms with Crippen molar-refractivity contribution in [3.63, 3.8) is 0 Å². The maximum absolute atomic E-state index is 10.9. The highest BCUT2D eigenvalue weighted by atomic mass is 35.5. The maximum Gasteiger partial charge on any atom is 0.360 e. The largest absolute Gasteiger partial charge is 0.476 e. The molecule has 0 atom stereocenters. The minimum Gasteiger partial charge on any atom is -0.476 e. The van der Waals surface area contributed by atoms with Crippen molar-refractivity contribution in [2.75, 3.05) is 12.4 Å². The lowest BCUT2D eigenvalue weighted by Gasteiger charge is -2.03. The molecule has 8 nitrogen and oxygen atoms in total. The molecular weight excluding hydrogens is 252 g/mol. The highest BCUT2D eigenvalue weighted by Crippen LogP contribution is 2.11. The third kappa shape index (κ3) is 3.38. The first-order chi connectivity index (χ1) is 8.08. The number of carboxylic acids is 1. The Morgan fingerprint density at radius 3 is 2.88 bits per heavy atom. The van der Waals surface area contributed by atoms with Gasteiger partial charge in [0.2, 0.25) is 18.1 Å². The number of carboxylic acid groups (broad SMARTS) is 1. The Bertz CT molecular complexity index is 477. The molecule has 1 aromatic rings. The van der Waals surface area contributed by atoms with Crippen LogP contribution in [0.1, 0.15) is 5.69 Å². The van der Waals surface area contributed by atoms with Gasteiger partial charge in [-0.2, -0.15) is 0 Å². The maximum atomic E-state index is 10.9. The molecule has 2 N–H and O–H groups in total. The second kappa shape index (κ2) is 5.75. The lowest BCUT2D eigenvalue weighted by molar-refractivity contribution is -0.129. The van der Waals surface area contributed by atoms with Crippen molar-refractivity contribution in [2.24, 2.45) is 5.16 Å². The van der Waals surface area contributed by atoms with Gasteiger partial charge in [-0.05, 0) is 0 Å². The van der Waals surface area contributed by atoms with Crippen LogP contribution in [-0.4, -0.2) is 40.3 Å². The zero-order valence-corrected chi connectivity index (χ0v) is 9.30. The second-order valence-electron chi connectivity index (χ2n) is 2.59. The summed E-state index contributed by atoms with van der Waals surface area (Å²) in [7, 11) is 1.19. The molecule has 1 heterocycles. The molecular formula is C8H7ClN4O4. The van der Waals surface area contributed by atoms with Crippen LogP contribution in [0.3, 0.4) is 0 Å². The van der Waals surface area contributed by atoms with Crippen LogP contribution in [0.5, 0.6) is 0 Å². The molecule has 1 rings (SSSR count). The van der Waals surface area contributed by atoms with Gasteiger partial charge in [0, 0.05) is 6.07 Å². The van der Waals surface area contributed by atoms with Gasteiger partial charge in [-0.25, -0.2) is 14.8 Å². The predicted molar refractivity (Wildman–Crippen MR) is 57.9 cm³/mol. The number of nitrogens with zero attached hydrogens (tertiary/aromatic N) is 3. The minimum absolute atomic E-state index is 0.0376. The Morgan fingerprint density at radius 1 is 1.65 bits per heavy atom. The van der Waals surface area contributed by atoms with Crippen molar-refractivity contribution in [3.05, 3.63) is 16.9 Å². The Kier molecular flexibility index (Phi) is 4.35. The van der Waals surface area contributed by atoms with E-state index in [1.54, 1.807) is 0 Å². The smallest absolute Gasteiger partial charge is 0.360 e. The standard InChI is InChI=1S/C8H7ClN4O4/c1-17-13-6(7(15)16)4-2-5(9)12-8(11-4)10-3-14/h2-3H,1H3,(H,15,16)(H,10,11,12,14). The summed E-state index contributed by atoms with van der Waals surface area (Å²) in [6, 6.07) is 1.18. The quantitative estimate of drug-likeness (QED) is 0.336. The van der Waals surface area contributed by atoms with E-state index in [1.165, 1.54) is 13.2 Å². The van der Waals surface area contributed by atoms with E-state index in [2.05, 4.69) is 25.3 Å². The minimum atomic E-state index is -1.35. The molecule has 17 heavy (non-hydrogen) atoms. The van der Waals surface area contributed by atoms with Crippen LogP contribution in [0, 0.1) is 0 Å². The number of amides is 1. The van der Waals surface area contributed by atoms with Crippen molar-refractivity contribution in [1.29, 1.82) is 0 Å². The molecule has 1 amide bonds. The van der Waals surface area contributed by atoms with Gasteiger partial charge in [0.15, 0.2) is 0 Å². The summed E-state index contributed by atoms with van der Waals surface area (Å²) in [6.07, 6.45) is 0.337. The van der Waals surface area contributed by atoms with Gasteiger partial charge in [0.25, 0.3) is 0 Å². The molecule has 90 valence electrons.